The third-order valence-corrected chi connectivity index (χ3v) is 2.94. The fraction of sp³-hybridized carbons (Fsp3) is 0.200. The van der Waals surface area contributed by atoms with Gasteiger partial charge in [-0.2, -0.15) is 0 Å². The van der Waals surface area contributed by atoms with Gasteiger partial charge in [-0.1, -0.05) is 40.3 Å². The number of thioether (sulfide) groups is 1. The molecular weight excluding hydrogens is 232 g/mol. The Balaban J connectivity index is 2.97. The lowest BCUT2D eigenvalue weighted by atomic mass is 10.2. The van der Waals surface area contributed by atoms with Gasteiger partial charge in [-0.05, 0) is 36.4 Å². The van der Waals surface area contributed by atoms with Crippen molar-refractivity contribution in [2.75, 3.05) is 0 Å². The van der Waals surface area contributed by atoms with E-state index in [2.05, 4.69) is 47.6 Å². The normalized spacial score (nSPS) is 9.92. The molecular formula is C10H11BrS. The SMILES string of the molecule is C=C(C)Sc1cc(Br)ccc1C. The topological polar surface area (TPSA) is 0 Å². The van der Waals surface area contributed by atoms with Crippen LogP contribution in [0.3, 0.4) is 0 Å². The van der Waals surface area contributed by atoms with E-state index in [0.29, 0.717) is 0 Å². The third-order valence-electron chi connectivity index (χ3n) is 1.43. The maximum absolute atomic E-state index is 3.87. The van der Waals surface area contributed by atoms with Crippen LogP contribution >= 0.6 is 27.7 Å². The molecule has 1 rings (SSSR count). The Morgan fingerprint density at radius 3 is 2.75 bits per heavy atom. The molecule has 1 aromatic rings. The molecule has 0 fully saturated rings. The Morgan fingerprint density at radius 1 is 1.50 bits per heavy atom. The van der Waals surface area contributed by atoms with Crippen molar-refractivity contribution in [1.29, 1.82) is 0 Å². The van der Waals surface area contributed by atoms with E-state index < -0.39 is 0 Å². The van der Waals surface area contributed by atoms with Crippen molar-refractivity contribution in [3.05, 3.63) is 39.7 Å². The molecule has 64 valence electrons. The van der Waals surface area contributed by atoms with Crippen LogP contribution in [-0.4, -0.2) is 0 Å². The van der Waals surface area contributed by atoms with Gasteiger partial charge in [0, 0.05) is 9.37 Å². The predicted molar refractivity (Wildman–Crippen MR) is 59.6 cm³/mol. The van der Waals surface area contributed by atoms with Crippen molar-refractivity contribution < 1.29 is 0 Å². The van der Waals surface area contributed by atoms with E-state index in [1.807, 2.05) is 6.92 Å². The average molecular weight is 243 g/mol. The monoisotopic (exact) mass is 242 g/mol. The quantitative estimate of drug-likeness (QED) is 0.694. The second-order valence-corrected chi connectivity index (χ2v) is 4.97. The van der Waals surface area contributed by atoms with E-state index in [-0.39, 0.29) is 0 Å². The number of aryl methyl sites for hydroxylation is 1. The first-order valence-corrected chi connectivity index (χ1v) is 5.30. The van der Waals surface area contributed by atoms with Gasteiger partial charge < -0.3 is 0 Å². The number of benzene rings is 1. The molecule has 0 aromatic heterocycles. The smallest absolute Gasteiger partial charge is 0.0186 e. The van der Waals surface area contributed by atoms with Crippen LogP contribution in [-0.2, 0) is 0 Å². The zero-order valence-corrected chi connectivity index (χ0v) is 9.63. The van der Waals surface area contributed by atoms with Crippen LogP contribution in [0.5, 0.6) is 0 Å². The van der Waals surface area contributed by atoms with Crippen LogP contribution in [0.15, 0.2) is 39.1 Å². The van der Waals surface area contributed by atoms with Gasteiger partial charge in [0.25, 0.3) is 0 Å². The summed E-state index contributed by atoms with van der Waals surface area (Å²) >= 11 is 5.16. The molecule has 0 aliphatic heterocycles. The van der Waals surface area contributed by atoms with E-state index in [1.54, 1.807) is 11.8 Å². The highest BCUT2D eigenvalue weighted by Gasteiger charge is 1.99. The van der Waals surface area contributed by atoms with Gasteiger partial charge in [-0.25, -0.2) is 0 Å². The maximum atomic E-state index is 3.87. The molecule has 1 aromatic carbocycles. The molecule has 0 spiro atoms. The second-order valence-electron chi connectivity index (χ2n) is 2.71. The molecule has 0 N–H and O–H groups in total. The van der Waals surface area contributed by atoms with Gasteiger partial charge in [0.05, 0.1) is 0 Å². The summed E-state index contributed by atoms with van der Waals surface area (Å²) < 4.78 is 1.12. The molecule has 12 heavy (non-hydrogen) atoms. The van der Waals surface area contributed by atoms with E-state index in [4.69, 9.17) is 0 Å². The Hall–Kier alpha value is -0.210. The Bertz CT molecular complexity index is 305. The standard InChI is InChI=1S/C10H11BrS/c1-7(2)12-10-6-9(11)5-4-8(10)3/h4-6H,1H2,2-3H3. The zero-order chi connectivity index (χ0) is 9.14. The van der Waals surface area contributed by atoms with Crippen molar-refractivity contribution in [3.63, 3.8) is 0 Å². The zero-order valence-electron chi connectivity index (χ0n) is 7.23. The highest BCUT2D eigenvalue weighted by Crippen LogP contribution is 2.30. The minimum atomic E-state index is 1.12. The largest absolute Gasteiger partial charge is 0.0952 e. The Labute approximate surface area is 86.2 Å². The van der Waals surface area contributed by atoms with Crippen LogP contribution in [0.4, 0.5) is 0 Å². The molecule has 0 radical (unpaired) electrons. The lowest BCUT2D eigenvalue weighted by Gasteiger charge is -2.04. The fourth-order valence-corrected chi connectivity index (χ4v) is 2.17. The van der Waals surface area contributed by atoms with Gasteiger partial charge in [0.2, 0.25) is 0 Å². The van der Waals surface area contributed by atoms with Crippen LogP contribution < -0.4 is 0 Å². The summed E-state index contributed by atoms with van der Waals surface area (Å²) in [7, 11) is 0. The van der Waals surface area contributed by atoms with E-state index >= 15 is 0 Å². The van der Waals surface area contributed by atoms with Gasteiger partial charge >= 0.3 is 0 Å². The molecule has 0 aliphatic rings. The highest BCUT2D eigenvalue weighted by molar-refractivity contribution is 9.10. The summed E-state index contributed by atoms with van der Waals surface area (Å²) in [6.45, 7) is 8.00. The van der Waals surface area contributed by atoms with Gasteiger partial charge in [-0.3, -0.25) is 0 Å². The molecule has 0 atom stereocenters. The first-order valence-electron chi connectivity index (χ1n) is 3.69. The van der Waals surface area contributed by atoms with Crippen LogP contribution in [0, 0.1) is 6.92 Å². The lowest BCUT2D eigenvalue weighted by Crippen LogP contribution is -1.78. The number of hydrogen-bond acceptors (Lipinski definition) is 1. The average Bonchev–Trinajstić information content (AvgIpc) is 1.96. The molecule has 0 aliphatic carbocycles. The van der Waals surface area contributed by atoms with E-state index in [1.165, 1.54) is 10.5 Å². The molecule has 0 nitrogen and oxygen atoms in total. The summed E-state index contributed by atoms with van der Waals surface area (Å²) in [5.41, 5.74) is 1.30. The van der Waals surface area contributed by atoms with Gasteiger partial charge in [0.1, 0.15) is 0 Å². The van der Waals surface area contributed by atoms with Crippen LogP contribution in [0.2, 0.25) is 0 Å². The number of halogens is 1. The first-order chi connectivity index (χ1) is 5.59. The van der Waals surface area contributed by atoms with Gasteiger partial charge in [-0.15, -0.1) is 0 Å². The lowest BCUT2D eigenvalue weighted by molar-refractivity contribution is 1.29. The maximum Gasteiger partial charge on any atom is 0.0186 e. The molecule has 0 bridgehead atoms. The van der Waals surface area contributed by atoms with Crippen molar-refractivity contribution in [2.45, 2.75) is 18.7 Å². The van der Waals surface area contributed by atoms with Gasteiger partial charge in [0.15, 0.2) is 0 Å². The summed E-state index contributed by atoms with van der Waals surface area (Å²) in [5, 5.41) is 0. The highest BCUT2D eigenvalue weighted by atomic mass is 79.9. The Kier molecular flexibility index (Phi) is 3.41. The summed E-state index contributed by atoms with van der Waals surface area (Å²) in [4.78, 5) is 2.40. The third kappa shape index (κ3) is 2.68. The number of hydrogen-bond donors (Lipinski definition) is 0. The van der Waals surface area contributed by atoms with E-state index in [0.717, 1.165) is 9.38 Å². The fourth-order valence-electron chi connectivity index (χ4n) is 0.872. The summed E-state index contributed by atoms with van der Waals surface area (Å²) in [6.07, 6.45) is 0. The predicted octanol–water partition coefficient (Wildman–Crippen LogP) is 4.38. The molecule has 2 heteroatoms. The molecule has 0 saturated heterocycles. The van der Waals surface area contributed by atoms with Crippen molar-refractivity contribution >= 4 is 27.7 Å². The van der Waals surface area contributed by atoms with Crippen LogP contribution in [0.25, 0.3) is 0 Å². The number of allylic oxidation sites excluding steroid dienone is 1. The minimum Gasteiger partial charge on any atom is -0.0952 e. The van der Waals surface area contributed by atoms with Crippen molar-refractivity contribution in [2.24, 2.45) is 0 Å². The second kappa shape index (κ2) is 4.15. The van der Waals surface area contributed by atoms with Crippen molar-refractivity contribution in [3.8, 4) is 0 Å². The minimum absolute atomic E-state index is 1.12. The van der Waals surface area contributed by atoms with Crippen molar-refractivity contribution in [1.82, 2.24) is 0 Å². The first kappa shape index (κ1) is 9.87. The number of rotatable bonds is 2. The Morgan fingerprint density at radius 2 is 2.17 bits per heavy atom. The molecule has 0 saturated carbocycles. The molecule has 0 amide bonds. The van der Waals surface area contributed by atoms with E-state index in [9.17, 15) is 0 Å². The molecule has 0 unspecified atom stereocenters. The van der Waals surface area contributed by atoms with Crippen LogP contribution in [0.1, 0.15) is 12.5 Å². The summed E-state index contributed by atoms with van der Waals surface area (Å²) in [5.74, 6) is 0. The summed E-state index contributed by atoms with van der Waals surface area (Å²) in [6, 6.07) is 6.28. The molecule has 0 heterocycles.